The first-order valence-electron chi connectivity index (χ1n) is 8.02. The highest BCUT2D eigenvalue weighted by Gasteiger charge is 2.10. The first-order chi connectivity index (χ1) is 11.3. The summed E-state index contributed by atoms with van der Waals surface area (Å²) in [6, 6.07) is 12.5. The first-order valence-corrected chi connectivity index (χ1v) is 8.90. The quantitative estimate of drug-likeness (QED) is 0.885. The summed E-state index contributed by atoms with van der Waals surface area (Å²) in [6.45, 7) is 4.06. The zero-order valence-corrected chi connectivity index (χ0v) is 14.0. The summed E-state index contributed by atoms with van der Waals surface area (Å²) in [6.07, 6.45) is 1.37. The second-order valence-electron chi connectivity index (χ2n) is 5.62. The van der Waals surface area contributed by atoms with E-state index in [0.717, 1.165) is 38.3 Å². The SMILES string of the molecule is O=C(CCc1cccs1)NCc1ccc(N2CCOCC2)cc1. The summed E-state index contributed by atoms with van der Waals surface area (Å²) in [4.78, 5) is 15.5. The smallest absolute Gasteiger partial charge is 0.220 e. The molecule has 0 radical (unpaired) electrons. The fraction of sp³-hybridized carbons (Fsp3) is 0.389. The lowest BCUT2D eigenvalue weighted by Gasteiger charge is -2.28. The standard InChI is InChI=1S/C18H22N2O2S/c21-18(8-7-17-2-1-13-23-17)19-14-15-3-5-16(6-4-15)20-9-11-22-12-10-20/h1-6,13H,7-12,14H2,(H,19,21). The van der Waals surface area contributed by atoms with E-state index in [1.807, 2.05) is 11.4 Å². The third-order valence-corrected chi connectivity index (χ3v) is 4.92. The minimum atomic E-state index is 0.107. The van der Waals surface area contributed by atoms with Crippen molar-refractivity contribution in [2.75, 3.05) is 31.2 Å². The fourth-order valence-electron chi connectivity index (χ4n) is 2.63. The van der Waals surface area contributed by atoms with Gasteiger partial charge in [0, 0.05) is 36.6 Å². The van der Waals surface area contributed by atoms with E-state index in [0.29, 0.717) is 13.0 Å². The number of carbonyl (C=O) groups is 1. The molecule has 2 aromatic rings. The van der Waals surface area contributed by atoms with E-state index in [2.05, 4.69) is 40.5 Å². The lowest BCUT2D eigenvalue weighted by molar-refractivity contribution is -0.121. The number of amides is 1. The molecule has 1 fully saturated rings. The van der Waals surface area contributed by atoms with Crippen molar-refractivity contribution in [1.29, 1.82) is 0 Å². The highest BCUT2D eigenvalue weighted by atomic mass is 32.1. The minimum Gasteiger partial charge on any atom is -0.378 e. The van der Waals surface area contributed by atoms with Gasteiger partial charge in [-0.1, -0.05) is 18.2 Å². The van der Waals surface area contributed by atoms with Gasteiger partial charge in [0.05, 0.1) is 13.2 Å². The van der Waals surface area contributed by atoms with Crippen molar-refractivity contribution in [3.63, 3.8) is 0 Å². The highest BCUT2D eigenvalue weighted by Crippen LogP contribution is 2.16. The number of ether oxygens (including phenoxy) is 1. The fourth-order valence-corrected chi connectivity index (χ4v) is 3.34. The Labute approximate surface area is 141 Å². The zero-order chi connectivity index (χ0) is 15.9. The molecule has 1 aliphatic rings. The normalized spacial score (nSPS) is 14.7. The van der Waals surface area contributed by atoms with Crippen LogP contribution >= 0.6 is 11.3 Å². The molecule has 0 atom stereocenters. The third-order valence-electron chi connectivity index (χ3n) is 3.98. The number of nitrogens with one attached hydrogen (secondary N) is 1. The molecule has 1 saturated heterocycles. The molecule has 1 aliphatic heterocycles. The Balaban J connectivity index is 1.43. The van der Waals surface area contributed by atoms with Crippen LogP contribution in [0.1, 0.15) is 16.9 Å². The molecule has 2 heterocycles. The monoisotopic (exact) mass is 330 g/mol. The Kier molecular flexibility index (Phi) is 5.66. The van der Waals surface area contributed by atoms with Crippen molar-refractivity contribution in [2.45, 2.75) is 19.4 Å². The molecule has 0 aliphatic carbocycles. The maximum atomic E-state index is 11.9. The van der Waals surface area contributed by atoms with Crippen molar-refractivity contribution in [2.24, 2.45) is 0 Å². The molecule has 122 valence electrons. The van der Waals surface area contributed by atoms with Crippen LogP contribution in [0.25, 0.3) is 0 Å². The van der Waals surface area contributed by atoms with Gasteiger partial charge in [0.15, 0.2) is 0 Å². The molecule has 1 aromatic heterocycles. The molecule has 1 aromatic carbocycles. The number of morpholine rings is 1. The highest BCUT2D eigenvalue weighted by molar-refractivity contribution is 7.09. The van der Waals surface area contributed by atoms with Gasteiger partial charge in [-0.3, -0.25) is 4.79 Å². The largest absolute Gasteiger partial charge is 0.378 e. The van der Waals surface area contributed by atoms with Crippen LogP contribution in [-0.4, -0.2) is 32.2 Å². The molecule has 0 bridgehead atoms. The number of thiophene rings is 1. The maximum Gasteiger partial charge on any atom is 0.220 e. The van der Waals surface area contributed by atoms with E-state index in [4.69, 9.17) is 4.74 Å². The average Bonchev–Trinajstić information content (AvgIpc) is 3.13. The molecule has 3 rings (SSSR count). The molecule has 1 N–H and O–H groups in total. The lowest BCUT2D eigenvalue weighted by atomic mass is 10.2. The van der Waals surface area contributed by atoms with Gasteiger partial charge in [0.1, 0.15) is 0 Å². The minimum absolute atomic E-state index is 0.107. The van der Waals surface area contributed by atoms with Crippen molar-refractivity contribution in [1.82, 2.24) is 5.32 Å². The maximum absolute atomic E-state index is 11.9. The van der Waals surface area contributed by atoms with Crippen molar-refractivity contribution in [3.8, 4) is 0 Å². The number of anilines is 1. The predicted octanol–water partition coefficient (Wildman–Crippen LogP) is 2.83. The molecule has 23 heavy (non-hydrogen) atoms. The molecular formula is C18H22N2O2S. The van der Waals surface area contributed by atoms with Crippen molar-refractivity contribution in [3.05, 3.63) is 52.2 Å². The number of nitrogens with zero attached hydrogens (tertiary/aromatic N) is 1. The number of aryl methyl sites for hydroxylation is 1. The summed E-state index contributed by atoms with van der Waals surface area (Å²) in [5.41, 5.74) is 2.35. The van der Waals surface area contributed by atoms with Crippen molar-refractivity contribution >= 4 is 22.9 Å². The van der Waals surface area contributed by atoms with E-state index in [1.54, 1.807) is 11.3 Å². The summed E-state index contributed by atoms with van der Waals surface area (Å²) >= 11 is 1.70. The summed E-state index contributed by atoms with van der Waals surface area (Å²) in [5, 5.41) is 5.04. The predicted molar refractivity (Wildman–Crippen MR) is 94.0 cm³/mol. The average molecular weight is 330 g/mol. The van der Waals surface area contributed by atoms with E-state index in [1.165, 1.54) is 10.6 Å². The van der Waals surface area contributed by atoms with E-state index < -0.39 is 0 Å². The summed E-state index contributed by atoms with van der Waals surface area (Å²) in [7, 11) is 0. The van der Waals surface area contributed by atoms with Gasteiger partial charge in [-0.2, -0.15) is 0 Å². The number of rotatable bonds is 6. The Bertz CT molecular complexity index is 604. The summed E-state index contributed by atoms with van der Waals surface area (Å²) < 4.78 is 5.37. The van der Waals surface area contributed by atoms with Gasteiger partial charge < -0.3 is 15.0 Å². The van der Waals surface area contributed by atoms with Gasteiger partial charge in [0.2, 0.25) is 5.91 Å². The second-order valence-corrected chi connectivity index (χ2v) is 6.65. The van der Waals surface area contributed by atoms with Crippen LogP contribution in [0.3, 0.4) is 0 Å². The van der Waals surface area contributed by atoms with Crippen LogP contribution in [0.2, 0.25) is 0 Å². The van der Waals surface area contributed by atoms with E-state index in [9.17, 15) is 4.79 Å². The zero-order valence-electron chi connectivity index (χ0n) is 13.2. The number of carbonyl (C=O) groups excluding carboxylic acids is 1. The van der Waals surface area contributed by atoms with Crippen molar-refractivity contribution < 1.29 is 9.53 Å². The van der Waals surface area contributed by atoms with Crippen LogP contribution in [0.15, 0.2) is 41.8 Å². The molecular weight excluding hydrogens is 308 g/mol. The molecule has 0 spiro atoms. The van der Waals surface area contributed by atoms with Gasteiger partial charge >= 0.3 is 0 Å². The Hall–Kier alpha value is -1.85. The Morgan fingerprint density at radius 1 is 1.17 bits per heavy atom. The summed E-state index contributed by atoms with van der Waals surface area (Å²) in [5.74, 6) is 0.107. The van der Waals surface area contributed by atoms with Crippen LogP contribution in [-0.2, 0) is 22.5 Å². The molecule has 0 saturated carbocycles. The third kappa shape index (κ3) is 4.81. The number of hydrogen-bond acceptors (Lipinski definition) is 4. The Morgan fingerprint density at radius 2 is 1.96 bits per heavy atom. The topological polar surface area (TPSA) is 41.6 Å². The van der Waals surface area contributed by atoms with E-state index in [-0.39, 0.29) is 5.91 Å². The molecule has 5 heteroatoms. The van der Waals surface area contributed by atoms with Crippen LogP contribution in [0, 0.1) is 0 Å². The number of hydrogen-bond donors (Lipinski definition) is 1. The first kappa shape index (κ1) is 16.0. The number of benzene rings is 1. The molecule has 1 amide bonds. The lowest BCUT2D eigenvalue weighted by Crippen LogP contribution is -2.36. The van der Waals surface area contributed by atoms with Gasteiger partial charge in [-0.15, -0.1) is 11.3 Å². The van der Waals surface area contributed by atoms with Gasteiger partial charge in [-0.25, -0.2) is 0 Å². The van der Waals surface area contributed by atoms with E-state index >= 15 is 0 Å². The van der Waals surface area contributed by atoms with Crippen LogP contribution in [0.5, 0.6) is 0 Å². The Morgan fingerprint density at radius 3 is 2.65 bits per heavy atom. The molecule has 0 unspecified atom stereocenters. The second kappa shape index (κ2) is 8.13. The molecule has 4 nitrogen and oxygen atoms in total. The van der Waals surface area contributed by atoms with Gasteiger partial charge in [0.25, 0.3) is 0 Å². The van der Waals surface area contributed by atoms with Crippen LogP contribution in [0.4, 0.5) is 5.69 Å². The van der Waals surface area contributed by atoms with Crippen LogP contribution < -0.4 is 10.2 Å². The van der Waals surface area contributed by atoms with Gasteiger partial charge in [-0.05, 0) is 35.6 Å².